The molecule has 74 valence electrons. The maximum absolute atomic E-state index is 11.5. The summed E-state index contributed by atoms with van der Waals surface area (Å²) in [4.78, 5) is 11.5. The van der Waals surface area contributed by atoms with Gasteiger partial charge in [-0.1, -0.05) is 12.2 Å². The first-order valence-electron chi connectivity index (χ1n) is 4.88. The molecule has 1 atom stereocenters. The summed E-state index contributed by atoms with van der Waals surface area (Å²) in [5, 5.41) is 9.83. The molecule has 0 heterocycles. The predicted molar refractivity (Wildman–Crippen MR) is 54.9 cm³/mol. The van der Waals surface area contributed by atoms with Gasteiger partial charge in [-0.3, -0.25) is 4.79 Å². The summed E-state index contributed by atoms with van der Waals surface area (Å²) in [6.45, 7) is 3.84. The molecule has 1 unspecified atom stereocenters. The second-order valence-electron chi connectivity index (χ2n) is 4.20. The van der Waals surface area contributed by atoms with Crippen molar-refractivity contribution in [3.8, 4) is 0 Å². The van der Waals surface area contributed by atoms with Crippen LogP contribution >= 0.6 is 0 Å². The Hall–Kier alpha value is -1.31. The standard InChI is InChI=1S/C12H14O2/c1-8-9-4-3-5-11(14)12(9,2)7-6-10(8)13/h3-5,14H,6-7H2,1-2H3. The minimum Gasteiger partial charge on any atom is -0.511 e. The number of allylic oxidation sites excluding steroid dienone is 5. The quantitative estimate of drug-likeness (QED) is 0.637. The molecular weight excluding hydrogens is 176 g/mol. The summed E-state index contributed by atoms with van der Waals surface area (Å²) >= 11 is 0. The Bertz CT molecular complexity index is 385. The van der Waals surface area contributed by atoms with Crippen molar-refractivity contribution in [2.75, 3.05) is 0 Å². The fraction of sp³-hybridized carbons (Fsp3) is 0.417. The number of rotatable bonds is 0. The second-order valence-corrected chi connectivity index (χ2v) is 4.20. The zero-order chi connectivity index (χ0) is 10.3. The van der Waals surface area contributed by atoms with Crippen LogP contribution in [0, 0.1) is 5.41 Å². The zero-order valence-corrected chi connectivity index (χ0v) is 8.50. The molecule has 2 rings (SSSR count). The van der Waals surface area contributed by atoms with Gasteiger partial charge in [-0.05, 0) is 37.5 Å². The molecule has 2 aliphatic carbocycles. The lowest BCUT2D eigenvalue weighted by atomic mass is 9.68. The van der Waals surface area contributed by atoms with Crippen molar-refractivity contribution in [1.29, 1.82) is 0 Å². The van der Waals surface area contributed by atoms with Gasteiger partial charge in [0.05, 0.1) is 5.41 Å². The molecule has 0 bridgehead atoms. The highest BCUT2D eigenvalue weighted by atomic mass is 16.3. The Kier molecular flexibility index (Phi) is 1.88. The highest BCUT2D eigenvalue weighted by molar-refractivity contribution is 5.97. The maximum Gasteiger partial charge on any atom is 0.158 e. The van der Waals surface area contributed by atoms with Crippen molar-refractivity contribution < 1.29 is 9.90 Å². The SMILES string of the molecule is CC1=C2C=CC=C(O)C2(C)CCC1=O. The zero-order valence-electron chi connectivity index (χ0n) is 8.50. The Balaban J connectivity index is 2.60. The number of ketones is 1. The van der Waals surface area contributed by atoms with Crippen LogP contribution in [0.3, 0.4) is 0 Å². The van der Waals surface area contributed by atoms with E-state index in [-0.39, 0.29) is 11.2 Å². The third-order valence-corrected chi connectivity index (χ3v) is 3.35. The van der Waals surface area contributed by atoms with Crippen LogP contribution in [-0.2, 0) is 4.79 Å². The fourth-order valence-electron chi connectivity index (χ4n) is 2.24. The van der Waals surface area contributed by atoms with Crippen molar-refractivity contribution in [3.63, 3.8) is 0 Å². The molecule has 0 aliphatic heterocycles. The van der Waals surface area contributed by atoms with Gasteiger partial charge in [-0.25, -0.2) is 0 Å². The van der Waals surface area contributed by atoms with E-state index in [1.165, 1.54) is 0 Å². The number of aliphatic hydroxyl groups excluding tert-OH is 1. The van der Waals surface area contributed by atoms with E-state index in [1.807, 2.05) is 19.9 Å². The Morgan fingerprint density at radius 2 is 2.21 bits per heavy atom. The number of aliphatic hydroxyl groups is 1. The van der Waals surface area contributed by atoms with Crippen LogP contribution in [0.2, 0.25) is 0 Å². The van der Waals surface area contributed by atoms with Gasteiger partial charge in [0.25, 0.3) is 0 Å². The van der Waals surface area contributed by atoms with E-state index in [4.69, 9.17) is 0 Å². The number of Topliss-reactive ketones (excluding diaryl/α,β-unsaturated/α-hetero) is 1. The van der Waals surface area contributed by atoms with Crippen molar-refractivity contribution in [2.45, 2.75) is 26.7 Å². The molecule has 1 N–H and O–H groups in total. The van der Waals surface area contributed by atoms with Crippen molar-refractivity contribution >= 4 is 5.78 Å². The first-order chi connectivity index (χ1) is 6.55. The molecule has 2 heteroatoms. The largest absolute Gasteiger partial charge is 0.511 e. The second kappa shape index (κ2) is 2.84. The molecule has 0 saturated carbocycles. The van der Waals surface area contributed by atoms with E-state index in [0.29, 0.717) is 18.6 Å². The summed E-state index contributed by atoms with van der Waals surface area (Å²) in [5.41, 5.74) is 1.45. The van der Waals surface area contributed by atoms with Crippen LogP contribution in [0.1, 0.15) is 26.7 Å². The van der Waals surface area contributed by atoms with Gasteiger partial charge < -0.3 is 5.11 Å². The number of hydrogen-bond acceptors (Lipinski definition) is 2. The average Bonchev–Trinajstić information content (AvgIpc) is 2.16. The Morgan fingerprint density at radius 3 is 2.93 bits per heavy atom. The molecule has 0 aromatic carbocycles. The molecule has 0 aromatic heterocycles. The average molecular weight is 190 g/mol. The van der Waals surface area contributed by atoms with Crippen LogP contribution < -0.4 is 0 Å². The molecule has 2 aliphatic rings. The number of hydrogen-bond donors (Lipinski definition) is 1. The van der Waals surface area contributed by atoms with Gasteiger partial charge in [0, 0.05) is 6.42 Å². The van der Waals surface area contributed by atoms with Gasteiger partial charge in [-0.2, -0.15) is 0 Å². The van der Waals surface area contributed by atoms with Gasteiger partial charge in [0.15, 0.2) is 5.78 Å². The van der Waals surface area contributed by atoms with E-state index < -0.39 is 0 Å². The van der Waals surface area contributed by atoms with Crippen molar-refractivity contribution in [1.82, 2.24) is 0 Å². The van der Waals surface area contributed by atoms with Crippen molar-refractivity contribution in [2.24, 2.45) is 5.41 Å². The third-order valence-electron chi connectivity index (χ3n) is 3.35. The van der Waals surface area contributed by atoms with Crippen LogP contribution in [0.5, 0.6) is 0 Å². The molecule has 0 amide bonds. The van der Waals surface area contributed by atoms with E-state index in [2.05, 4.69) is 0 Å². The van der Waals surface area contributed by atoms with Gasteiger partial charge in [-0.15, -0.1) is 0 Å². The minimum atomic E-state index is -0.327. The van der Waals surface area contributed by atoms with Gasteiger partial charge in [0.1, 0.15) is 5.76 Å². The molecule has 0 fully saturated rings. The highest BCUT2D eigenvalue weighted by Gasteiger charge is 2.39. The molecule has 0 spiro atoms. The fourth-order valence-corrected chi connectivity index (χ4v) is 2.24. The third kappa shape index (κ3) is 1.07. The van der Waals surface area contributed by atoms with Crippen LogP contribution in [0.15, 0.2) is 35.1 Å². The molecule has 0 radical (unpaired) electrons. The Morgan fingerprint density at radius 1 is 1.50 bits per heavy atom. The first-order valence-corrected chi connectivity index (χ1v) is 4.88. The normalized spacial score (nSPS) is 31.6. The predicted octanol–water partition coefficient (Wildman–Crippen LogP) is 2.68. The van der Waals surface area contributed by atoms with Crippen LogP contribution in [-0.4, -0.2) is 10.9 Å². The van der Waals surface area contributed by atoms with Crippen LogP contribution in [0.4, 0.5) is 0 Å². The lowest BCUT2D eigenvalue weighted by Crippen LogP contribution is -2.30. The first kappa shape index (κ1) is 9.25. The molecule has 0 saturated heterocycles. The van der Waals surface area contributed by atoms with Gasteiger partial charge in [0.2, 0.25) is 0 Å². The summed E-state index contributed by atoms with van der Waals surface area (Å²) < 4.78 is 0. The number of carbonyl (C=O) groups is 1. The highest BCUT2D eigenvalue weighted by Crippen LogP contribution is 2.46. The molecule has 2 nitrogen and oxygen atoms in total. The summed E-state index contributed by atoms with van der Waals surface area (Å²) in [5.74, 6) is 0.582. The molecular formula is C12H14O2. The van der Waals surface area contributed by atoms with E-state index >= 15 is 0 Å². The monoisotopic (exact) mass is 190 g/mol. The van der Waals surface area contributed by atoms with Crippen LogP contribution in [0.25, 0.3) is 0 Å². The smallest absolute Gasteiger partial charge is 0.158 e. The summed E-state index contributed by atoms with van der Waals surface area (Å²) in [7, 11) is 0. The number of fused-ring (bicyclic) bond motifs is 1. The minimum absolute atomic E-state index is 0.205. The topological polar surface area (TPSA) is 37.3 Å². The van der Waals surface area contributed by atoms with Crippen molar-refractivity contribution in [3.05, 3.63) is 35.1 Å². The summed E-state index contributed by atoms with van der Waals surface area (Å²) in [6, 6.07) is 0. The van der Waals surface area contributed by atoms with E-state index in [0.717, 1.165) is 11.1 Å². The lowest BCUT2D eigenvalue weighted by molar-refractivity contribution is -0.116. The van der Waals surface area contributed by atoms with E-state index in [1.54, 1.807) is 12.2 Å². The molecule has 0 aromatic rings. The summed E-state index contributed by atoms with van der Waals surface area (Å²) in [6.07, 6.45) is 6.70. The maximum atomic E-state index is 11.5. The van der Waals surface area contributed by atoms with E-state index in [9.17, 15) is 9.90 Å². The van der Waals surface area contributed by atoms with Gasteiger partial charge >= 0.3 is 0 Å². The Labute approximate surface area is 83.6 Å². The number of carbonyl (C=O) groups excluding carboxylic acids is 1. The lowest BCUT2D eigenvalue weighted by Gasteiger charge is -2.36. The molecule has 14 heavy (non-hydrogen) atoms.